The van der Waals surface area contributed by atoms with Crippen molar-refractivity contribution in [1.29, 1.82) is 0 Å². The highest BCUT2D eigenvalue weighted by atomic mass is 32.2. The molecule has 1 fully saturated rings. The predicted octanol–water partition coefficient (Wildman–Crippen LogP) is 1.86. The molecule has 0 unspecified atom stereocenters. The third-order valence-corrected chi connectivity index (χ3v) is 6.48. The van der Waals surface area contributed by atoms with Gasteiger partial charge < -0.3 is 19.1 Å². The highest BCUT2D eigenvalue weighted by molar-refractivity contribution is 7.89. The van der Waals surface area contributed by atoms with Crippen LogP contribution < -0.4 is 23.8 Å². The largest absolute Gasteiger partial charge is 0.496 e. The van der Waals surface area contributed by atoms with Crippen LogP contribution in [0.1, 0.15) is 12.0 Å². The minimum Gasteiger partial charge on any atom is -0.496 e. The molecule has 2 heterocycles. The highest BCUT2D eigenvalue weighted by Gasteiger charge is 2.34. The Morgan fingerprint density at radius 1 is 1.10 bits per heavy atom. The number of fused-ring (bicyclic) bond motifs is 1. The molecule has 2 aliphatic rings. The van der Waals surface area contributed by atoms with E-state index in [0.29, 0.717) is 36.1 Å². The van der Waals surface area contributed by atoms with E-state index in [9.17, 15) is 13.2 Å². The second-order valence-electron chi connectivity index (χ2n) is 6.99. The molecule has 0 saturated carbocycles. The molecule has 1 saturated heterocycles. The van der Waals surface area contributed by atoms with Crippen LogP contribution in [0, 0.1) is 6.92 Å². The number of sulfonamides is 1. The lowest BCUT2D eigenvalue weighted by molar-refractivity contribution is -0.117. The van der Waals surface area contributed by atoms with Gasteiger partial charge in [-0.15, -0.1) is 0 Å². The molecule has 4 rings (SSSR count). The van der Waals surface area contributed by atoms with Gasteiger partial charge in [0.05, 0.1) is 12.0 Å². The van der Waals surface area contributed by atoms with Gasteiger partial charge in [-0.1, -0.05) is 0 Å². The first kappa shape index (κ1) is 19.5. The molecular weight excluding hydrogens is 396 g/mol. The molecule has 0 spiro atoms. The Hall–Kier alpha value is -2.78. The maximum Gasteiger partial charge on any atom is 0.240 e. The van der Waals surface area contributed by atoms with Gasteiger partial charge in [0.25, 0.3) is 0 Å². The van der Waals surface area contributed by atoms with Crippen LogP contribution >= 0.6 is 0 Å². The molecule has 29 heavy (non-hydrogen) atoms. The number of aryl methyl sites for hydroxylation is 1. The van der Waals surface area contributed by atoms with Crippen LogP contribution in [0.15, 0.2) is 41.3 Å². The number of amides is 1. The van der Waals surface area contributed by atoms with Crippen molar-refractivity contribution in [3.63, 3.8) is 0 Å². The fourth-order valence-electron chi connectivity index (χ4n) is 3.54. The zero-order valence-electron chi connectivity index (χ0n) is 16.2. The number of methoxy groups -OCH3 is 1. The van der Waals surface area contributed by atoms with Gasteiger partial charge in [-0.2, -0.15) is 0 Å². The Bertz CT molecular complexity index is 1050. The Kier molecular flexibility index (Phi) is 5.10. The summed E-state index contributed by atoms with van der Waals surface area (Å²) < 4.78 is 44.4. The topological polar surface area (TPSA) is 94.2 Å². The van der Waals surface area contributed by atoms with Crippen LogP contribution in [0.4, 0.5) is 5.69 Å². The molecule has 9 heteroatoms. The van der Waals surface area contributed by atoms with E-state index < -0.39 is 16.1 Å². The van der Waals surface area contributed by atoms with Gasteiger partial charge in [-0.25, -0.2) is 13.1 Å². The van der Waals surface area contributed by atoms with Gasteiger partial charge in [0.2, 0.25) is 15.9 Å². The number of ether oxygens (including phenoxy) is 3. The Labute approximate surface area is 169 Å². The van der Waals surface area contributed by atoms with Gasteiger partial charge >= 0.3 is 0 Å². The number of hydrogen-bond acceptors (Lipinski definition) is 6. The van der Waals surface area contributed by atoms with E-state index >= 15 is 0 Å². The molecule has 154 valence electrons. The van der Waals surface area contributed by atoms with Crippen molar-refractivity contribution < 1.29 is 27.4 Å². The van der Waals surface area contributed by atoms with Gasteiger partial charge in [0, 0.05) is 30.8 Å². The third kappa shape index (κ3) is 3.88. The lowest BCUT2D eigenvalue weighted by Crippen LogP contribution is -2.37. The van der Waals surface area contributed by atoms with E-state index in [4.69, 9.17) is 14.2 Å². The molecule has 0 aromatic heterocycles. The number of hydrogen-bond donors (Lipinski definition) is 1. The molecule has 0 aliphatic carbocycles. The number of benzene rings is 2. The van der Waals surface area contributed by atoms with Crippen LogP contribution in [0.2, 0.25) is 0 Å². The molecule has 1 N–H and O–H groups in total. The SMILES string of the molecule is COc1ccc(S(=O)(=O)N[C@H]2CC(=O)N(c3ccc4c(c3)OCCO4)C2)cc1C. The van der Waals surface area contributed by atoms with Crippen molar-refractivity contribution in [2.45, 2.75) is 24.3 Å². The second kappa shape index (κ2) is 7.57. The second-order valence-corrected chi connectivity index (χ2v) is 8.70. The summed E-state index contributed by atoms with van der Waals surface area (Å²) in [6.45, 7) is 2.96. The Morgan fingerprint density at radius 2 is 1.86 bits per heavy atom. The zero-order valence-corrected chi connectivity index (χ0v) is 17.0. The quantitative estimate of drug-likeness (QED) is 0.797. The molecule has 2 aromatic carbocycles. The predicted molar refractivity (Wildman–Crippen MR) is 106 cm³/mol. The minimum absolute atomic E-state index is 0.0861. The summed E-state index contributed by atoms with van der Waals surface area (Å²) in [5, 5.41) is 0. The van der Waals surface area contributed by atoms with E-state index in [1.807, 2.05) is 0 Å². The molecule has 0 radical (unpaired) electrons. The molecule has 1 atom stereocenters. The van der Waals surface area contributed by atoms with Crippen LogP contribution in [0.25, 0.3) is 0 Å². The summed E-state index contributed by atoms with van der Waals surface area (Å²) in [4.78, 5) is 14.2. The van der Waals surface area contributed by atoms with Gasteiger partial charge in [0.1, 0.15) is 19.0 Å². The normalized spacial score (nSPS) is 18.8. The lowest BCUT2D eigenvalue weighted by atomic mass is 10.2. The molecule has 2 aliphatic heterocycles. The number of carbonyl (C=O) groups excluding carboxylic acids is 1. The summed E-state index contributed by atoms with van der Waals surface area (Å²) in [5.74, 6) is 1.68. The molecule has 8 nitrogen and oxygen atoms in total. The summed E-state index contributed by atoms with van der Waals surface area (Å²) >= 11 is 0. The fourth-order valence-corrected chi connectivity index (χ4v) is 4.85. The molecule has 2 aromatic rings. The zero-order chi connectivity index (χ0) is 20.6. The summed E-state index contributed by atoms with van der Waals surface area (Å²) in [6.07, 6.45) is 0.0861. The van der Waals surface area contributed by atoms with Crippen molar-refractivity contribution in [2.75, 3.05) is 31.8 Å². The molecular formula is C20H22N2O6S. The standard InChI is InChI=1S/C20H22N2O6S/c1-13-9-16(4-6-17(13)26-2)29(24,25)21-14-10-20(23)22(12-14)15-3-5-18-19(11-15)28-8-7-27-18/h3-6,9,11,14,21H,7-8,10,12H2,1-2H3/t14-/m0/s1. The number of anilines is 1. The van der Waals surface area contributed by atoms with Crippen molar-refractivity contribution in [3.8, 4) is 17.2 Å². The number of carbonyl (C=O) groups is 1. The molecule has 0 bridgehead atoms. The average molecular weight is 418 g/mol. The lowest BCUT2D eigenvalue weighted by Gasteiger charge is -2.22. The minimum atomic E-state index is -3.76. The van der Waals surface area contributed by atoms with E-state index in [0.717, 1.165) is 5.56 Å². The van der Waals surface area contributed by atoms with Crippen molar-refractivity contribution >= 4 is 21.6 Å². The van der Waals surface area contributed by atoms with Gasteiger partial charge in [0.15, 0.2) is 11.5 Å². The first-order chi connectivity index (χ1) is 13.9. The van der Waals surface area contributed by atoms with Crippen molar-refractivity contribution in [1.82, 2.24) is 4.72 Å². The van der Waals surface area contributed by atoms with Crippen LogP contribution in [0.3, 0.4) is 0 Å². The van der Waals surface area contributed by atoms with E-state index in [2.05, 4.69) is 4.72 Å². The maximum absolute atomic E-state index is 12.8. The maximum atomic E-state index is 12.8. The number of nitrogens with zero attached hydrogens (tertiary/aromatic N) is 1. The number of nitrogens with one attached hydrogen (secondary N) is 1. The Morgan fingerprint density at radius 3 is 2.59 bits per heavy atom. The van der Waals surface area contributed by atoms with Crippen molar-refractivity contribution in [3.05, 3.63) is 42.0 Å². The highest BCUT2D eigenvalue weighted by Crippen LogP contribution is 2.35. The van der Waals surface area contributed by atoms with E-state index in [1.165, 1.54) is 13.2 Å². The van der Waals surface area contributed by atoms with Crippen molar-refractivity contribution in [2.24, 2.45) is 0 Å². The third-order valence-electron chi connectivity index (χ3n) is 4.96. The molecule has 1 amide bonds. The van der Waals surface area contributed by atoms with E-state index in [-0.39, 0.29) is 23.8 Å². The van der Waals surface area contributed by atoms with Gasteiger partial charge in [-0.3, -0.25) is 4.79 Å². The first-order valence-corrected chi connectivity index (χ1v) is 10.7. The smallest absolute Gasteiger partial charge is 0.240 e. The number of rotatable bonds is 5. The summed E-state index contributed by atoms with van der Waals surface area (Å²) in [7, 11) is -2.23. The van der Waals surface area contributed by atoms with Crippen LogP contribution in [-0.4, -0.2) is 47.2 Å². The summed E-state index contributed by atoms with van der Waals surface area (Å²) in [5.41, 5.74) is 1.37. The van der Waals surface area contributed by atoms with E-state index in [1.54, 1.807) is 42.2 Å². The Balaban J connectivity index is 1.50. The first-order valence-electron chi connectivity index (χ1n) is 9.24. The van der Waals surface area contributed by atoms with Gasteiger partial charge in [-0.05, 0) is 42.8 Å². The summed E-state index contributed by atoms with van der Waals surface area (Å²) in [6, 6.07) is 9.41. The monoisotopic (exact) mass is 418 g/mol. The van der Waals surface area contributed by atoms with Crippen LogP contribution in [0.5, 0.6) is 17.2 Å². The van der Waals surface area contributed by atoms with Crippen LogP contribution in [-0.2, 0) is 14.8 Å². The fraction of sp³-hybridized carbons (Fsp3) is 0.350. The average Bonchev–Trinajstić information content (AvgIpc) is 3.06.